The topological polar surface area (TPSA) is 21.3 Å². The second kappa shape index (κ2) is 16.0. The Bertz CT molecular complexity index is 3920. The van der Waals surface area contributed by atoms with Gasteiger partial charge in [0.15, 0.2) is 0 Å². The summed E-state index contributed by atoms with van der Waals surface area (Å²) in [5, 5.41) is 7.17. The second-order valence-electron chi connectivity index (χ2n) is 17.3. The van der Waals surface area contributed by atoms with Gasteiger partial charge in [0, 0.05) is 49.7 Å². The molecule has 0 bridgehead atoms. The van der Waals surface area contributed by atoms with Gasteiger partial charge in [-0.3, -0.25) is 0 Å². The molecular weight excluding hydrogens is 813 g/mol. The molecule has 0 aliphatic carbocycles. The van der Waals surface area contributed by atoms with Gasteiger partial charge in [0.25, 0.3) is 0 Å². The third-order valence-corrected chi connectivity index (χ3v) is 13.4. The van der Waals surface area contributed by atoms with Crippen molar-refractivity contribution in [2.75, 3.05) is 4.90 Å². The number of hydrogen-bond acceptors (Lipinski definition) is 2. The molecule has 3 nitrogen and oxygen atoms in total. The highest BCUT2D eigenvalue weighted by Crippen LogP contribution is 2.42. The lowest BCUT2D eigenvalue weighted by molar-refractivity contribution is 0.670. The maximum atomic E-state index is 6.44. The van der Waals surface area contributed by atoms with Crippen LogP contribution in [-0.2, 0) is 0 Å². The van der Waals surface area contributed by atoms with Gasteiger partial charge < -0.3 is 13.9 Å². The van der Waals surface area contributed by atoms with Gasteiger partial charge in [-0.1, -0.05) is 188 Å². The molecule has 11 aromatic carbocycles. The Kier molecular flexibility index (Phi) is 9.17. The quantitative estimate of drug-likeness (QED) is 0.152. The van der Waals surface area contributed by atoms with Crippen LogP contribution in [0.25, 0.3) is 105 Å². The van der Waals surface area contributed by atoms with Crippen molar-refractivity contribution in [2.24, 2.45) is 0 Å². The maximum Gasteiger partial charge on any atom is 0.143 e. The van der Waals surface area contributed by atoms with Crippen LogP contribution in [0.15, 0.2) is 259 Å². The average molecular weight is 855 g/mol. The van der Waals surface area contributed by atoms with Crippen molar-refractivity contribution >= 4 is 71.6 Å². The highest BCUT2D eigenvalue weighted by atomic mass is 16.3. The number of aromatic nitrogens is 1. The van der Waals surface area contributed by atoms with Crippen LogP contribution in [0.2, 0.25) is 0 Å². The molecule has 314 valence electrons. The van der Waals surface area contributed by atoms with E-state index in [-0.39, 0.29) is 0 Å². The largest absolute Gasteiger partial charge is 0.455 e. The van der Waals surface area contributed by atoms with E-state index in [0.717, 1.165) is 78.1 Å². The molecule has 0 aliphatic rings. The Morgan fingerprint density at radius 1 is 0.299 bits per heavy atom. The van der Waals surface area contributed by atoms with E-state index >= 15 is 0 Å². The molecule has 0 radical (unpaired) electrons. The Labute approximate surface area is 388 Å². The summed E-state index contributed by atoms with van der Waals surface area (Å²) in [7, 11) is 0. The smallest absolute Gasteiger partial charge is 0.143 e. The average Bonchev–Trinajstić information content (AvgIpc) is 3.95. The highest BCUT2D eigenvalue weighted by Gasteiger charge is 2.19. The van der Waals surface area contributed by atoms with Gasteiger partial charge in [0.05, 0.1) is 16.7 Å². The van der Waals surface area contributed by atoms with Crippen molar-refractivity contribution in [3.8, 4) is 50.2 Å². The molecule has 0 amide bonds. The van der Waals surface area contributed by atoms with Crippen LogP contribution >= 0.6 is 0 Å². The Balaban J connectivity index is 0.905. The number of rotatable bonds is 8. The number of anilines is 3. The lowest BCUT2D eigenvalue weighted by atomic mass is 9.97. The summed E-state index contributed by atoms with van der Waals surface area (Å²) in [6.07, 6.45) is 0. The molecule has 0 unspecified atom stereocenters. The summed E-state index contributed by atoms with van der Waals surface area (Å²) in [5.74, 6) is 0. The first kappa shape index (κ1) is 38.5. The van der Waals surface area contributed by atoms with Crippen LogP contribution in [0, 0.1) is 0 Å². The maximum absolute atomic E-state index is 6.44. The predicted molar refractivity (Wildman–Crippen MR) is 282 cm³/mol. The molecule has 0 saturated heterocycles. The number of benzene rings is 11. The van der Waals surface area contributed by atoms with Gasteiger partial charge in [-0.25, -0.2) is 0 Å². The molecule has 2 aromatic heterocycles. The first-order valence-corrected chi connectivity index (χ1v) is 22.9. The van der Waals surface area contributed by atoms with Crippen LogP contribution in [0.4, 0.5) is 17.1 Å². The number of furan rings is 1. The zero-order valence-corrected chi connectivity index (χ0v) is 36.6. The Hall–Kier alpha value is -8.92. The third kappa shape index (κ3) is 6.67. The normalized spacial score (nSPS) is 11.6. The third-order valence-electron chi connectivity index (χ3n) is 13.4. The Morgan fingerprint density at radius 2 is 0.836 bits per heavy atom. The van der Waals surface area contributed by atoms with E-state index < -0.39 is 0 Å². The van der Waals surface area contributed by atoms with Crippen LogP contribution in [0.1, 0.15) is 0 Å². The van der Waals surface area contributed by atoms with Crippen LogP contribution in [0.5, 0.6) is 0 Å². The van der Waals surface area contributed by atoms with Crippen LogP contribution in [0.3, 0.4) is 0 Å². The molecule has 67 heavy (non-hydrogen) atoms. The second-order valence-corrected chi connectivity index (χ2v) is 17.3. The summed E-state index contributed by atoms with van der Waals surface area (Å²) in [6, 6.07) is 92.0. The number of hydrogen-bond donors (Lipinski definition) is 0. The van der Waals surface area contributed by atoms with E-state index in [2.05, 4.69) is 252 Å². The van der Waals surface area contributed by atoms with E-state index in [1.807, 2.05) is 12.1 Å². The minimum Gasteiger partial charge on any atom is -0.455 e. The number of nitrogens with zero attached hydrogens (tertiary/aromatic N) is 2. The van der Waals surface area contributed by atoms with E-state index in [0.29, 0.717) is 0 Å². The van der Waals surface area contributed by atoms with Crippen molar-refractivity contribution in [3.63, 3.8) is 0 Å². The van der Waals surface area contributed by atoms with Gasteiger partial charge in [-0.05, 0) is 111 Å². The van der Waals surface area contributed by atoms with Crippen molar-refractivity contribution in [2.45, 2.75) is 0 Å². The first-order chi connectivity index (χ1) is 33.2. The van der Waals surface area contributed by atoms with Crippen molar-refractivity contribution in [1.29, 1.82) is 0 Å². The van der Waals surface area contributed by atoms with E-state index in [4.69, 9.17) is 4.42 Å². The van der Waals surface area contributed by atoms with Crippen molar-refractivity contribution in [1.82, 2.24) is 4.57 Å². The van der Waals surface area contributed by atoms with Gasteiger partial charge in [-0.2, -0.15) is 0 Å². The molecule has 0 saturated carbocycles. The molecule has 13 rings (SSSR count). The SMILES string of the molecule is c1ccc(-c2ccc(-c3ccc(N(c4ccc(-c5cccc(-c6cccc7c6oc6ccccc67)c5)cc4)c4ccc5ccccc5c4)cc3)c(-n3c4ccccc4c4ccccc43)c2)cc1. The zero-order valence-electron chi connectivity index (χ0n) is 36.6. The molecule has 3 heteroatoms. The van der Waals surface area contributed by atoms with Gasteiger partial charge in [-0.15, -0.1) is 0 Å². The number of para-hydroxylation sites is 4. The van der Waals surface area contributed by atoms with Gasteiger partial charge >= 0.3 is 0 Å². The Morgan fingerprint density at radius 3 is 1.60 bits per heavy atom. The van der Waals surface area contributed by atoms with Crippen molar-refractivity contribution < 1.29 is 4.42 Å². The molecule has 13 aromatic rings. The van der Waals surface area contributed by atoms with Crippen LogP contribution < -0.4 is 4.90 Å². The minimum atomic E-state index is 0.906. The van der Waals surface area contributed by atoms with Gasteiger partial charge in [0.2, 0.25) is 0 Å². The lowest BCUT2D eigenvalue weighted by Gasteiger charge is -2.26. The van der Waals surface area contributed by atoms with Gasteiger partial charge in [0.1, 0.15) is 11.2 Å². The molecule has 0 N–H and O–H groups in total. The zero-order chi connectivity index (χ0) is 44.3. The lowest BCUT2D eigenvalue weighted by Crippen LogP contribution is -2.10. The monoisotopic (exact) mass is 854 g/mol. The summed E-state index contributed by atoms with van der Waals surface area (Å²) < 4.78 is 8.88. The van der Waals surface area contributed by atoms with Crippen LogP contribution in [-0.4, -0.2) is 4.57 Å². The summed E-state index contributed by atoms with van der Waals surface area (Å²) in [6.45, 7) is 0. The molecule has 0 aliphatic heterocycles. The molecule has 0 fully saturated rings. The summed E-state index contributed by atoms with van der Waals surface area (Å²) in [5.41, 5.74) is 17.8. The fourth-order valence-corrected chi connectivity index (χ4v) is 10.1. The standard InChI is InChI=1S/C64H42N2O/c1-2-14-43(15-3-1)49-33-39-54(62(42-49)66-60-25-9-6-20-56(60)57-21-7-10-26-61(57)66)46-31-36-52(37-32-46)65(53-38-30-44-16-4-5-17-48(44)41-53)51-34-28-45(29-35-51)47-18-12-19-50(40-47)55-23-13-24-59-58-22-8-11-27-63(58)67-64(55)59/h1-42H. The van der Waals surface area contributed by atoms with E-state index in [9.17, 15) is 0 Å². The first-order valence-electron chi connectivity index (χ1n) is 22.9. The van der Waals surface area contributed by atoms with E-state index in [1.165, 1.54) is 43.7 Å². The fraction of sp³-hybridized carbons (Fsp3) is 0. The number of fused-ring (bicyclic) bond motifs is 7. The molecule has 2 heterocycles. The highest BCUT2D eigenvalue weighted by molar-refractivity contribution is 6.11. The molecule has 0 atom stereocenters. The summed E-state index contributed by atoms with van der Waals surface area (Å²) >= 11 is 0. The predicted octanol–water partition coefficient (Wildman–Crippen LogP) is 18.0. The molecule has 0 spiro atoms. The summed E-state index contributed by atoms with van der Waals surface area (Å²) in [4.78, 5) is 2.37. The minimum absolute atomic E-state index is 0.906. The van der Waals surface area contributed by atoms with Crippen molar-refractivity contribution in [3.05, 3.63) is 255 Å². The van der Waals surface area contributed by atoms with E-state index in [1.54, 1.807) is 0 Å². The fourth-order valence-electron chi connectivity index (χ4n) is 10.1. The molecular formula is C64H42N2O.